The van der Waals surface area contributed by atoms with Gasteiger partial charge in [-0.2, -0.15) is 0 Å². The van der Waals surface area contributed by atoms with Crippen molar-refractivity contribution in [2.24, 2.45) is 5.73 Å². The Morgan fingerprint density at radius 1 is 0.600 bits per heavy atom. The molecule has 2 atom stereocenters. The van der Waals surface area contributed by atoms with Crippen LogP contribution in [0.15, 0.2) is 60.9 Å². The van der Waals surface area contributed by atoms with Crippen LogP contribution in [0.1, 0.15) is 87.3 Å². The first-order chi connectivity index (χ1) is 22.9. The van der Waals surface area contributed by atoms with E-state index in [-0.39, 0.29) is 12.8 Å². The van der Waals surface area contributed by atoms with Crippen molar-refractivity contribution in [3.63, 3.8) is 0 Å². The van der Waals surface area contributed by atoms with Crippen LogP contribution in [-0.4, -0.2) is 61.3 Å². The highest BCUT2D eigenvalue weighted by Gasteiger charge is 2.40. The van der Waals surface area contributed by atoms with Crippen molar-refractivity contribution in [2.45, 2.75) is 117 Å². The second kappa shape index (κ2) is 13.5. The Labute approximate surface area is 293 Å². The maximum Gasteiger partial charge on any atom is 0.419 e. The number of para-hydroxylation sites is 2. The van der Waals surface area contributed by atoms with Crippen molar-refractivity contribution < 1.29 is 33.4 Å². The Morgan fingerprint density at radius 2 is 1.00 bits per heavy atom. The van der Waals surface area contributed by atoms with Crippen molar-refractivity contribution in [1.29, 1.82) is 0 Å². The van der Waals surface area contributed by atoms with Crippen LogP contribution in [0.5, 0.6) is 0 Å². The number of nitrogens with zero attached hydrogens (tertiary/aromatic N) is 2. The fourth-order valence-corrected chi connectivity index (χ4v) is 5.63. The van der Waals surface area contributed by atoms with E-state index in [1.807, 2.05) is 36.4 Å². The number of hydrogen-bond acceptors (Lipinski definition) is 8. The van der Waals surface area contributed by atoms with E-state index in [9.17, 15) is 19.2 Å². The molecule has 0 aliphatic rings. The fraction of sp³-hybridized carbons (Fsp3) is 0.474. The van der Waals surface area contributed by atoms with Crippen LogP contribution in [0.3, 0.4) is 0 Å². The lowest BCUT2D eigenvalue weighted by Crippen LogP contribution is -2.65. The number of nitrogens with two attached hydrogens (primary N) is 1. The lowest BCUT2D eigenvalue weighted by atomic mass is 9.90. The number of benzene rings is 2. The molecule has 0 saturated carbocycles. The average molecular weight is 690 g/mol. The zero-order valence-corrected chi connectivity index (χ0v) is 31.0. The SMILES string of the molecule is CC(C)(C)OC(=O)N[C@](C)(Cc1cn(C(=O)OC(C)(C)C)c2ccccc12)C(=O)N[C@](C)(N)Cc1cn(C(=O)OC(C)(C)C)c2ccccc12. The summed E-state index contributed by atoms with van der Waals surface area (Å²) in [6.45, 7) is 19.1. The summed E-state index contributed by atoms with van der Waals surface area (Å²) in [6.07, 6.45) is 1.48. The summed E-state index contributed by atoms with van der Waals surface area (Å²) in [5.41, 5.74) is 4.09. The largest absolute Gasteiger partial charge is 0.444 e. The minimum absolute atomic E-state index is 0.0254. The molecule has 2 heterocycles. The molecule has 4 aromatic rings. The van der Waals surface area contributed by atoms with E-state index in [0.717, 1.165) is 5.39 Å². The standard InChI is InChI=1S/C38H51N5O7/c1-34(2,3)48-31(45)41-37(10,20-24-22-42(32(46)49-35(4,5)6)28-18-14-12-16-26(24)28)30(44)40-38(11,39)21-25-23-43(33(47)50-36(7,8)9)29-19-15-13-17-27(25)29/h12-19,22-23H,20-21,39H2,1-11H3,(H,40,44)(H,41,45)/t37-,38+/m1/s1. The van der Waals surface area contributed by atoms with Crippen LogP contribution in [0, 0.1) is 0 Å². The molecule has 0 unspecified atom stereocenters. The van der Waals surface area contributed by atoms with E-state index in [4.69, 9.17) is 19.9 Å². The second-order valence-electron chi connectivity index (χ2n) is 16.2. The summed E-state index contributed by atoms with van der Waals surface area (Å²) < 4.78 is 19.7. The minimum atomic E-state index is -1.60. The highest BCUT2D eigenvalue weighted by Crippen LogP contribution is 2.29. The fourth-order valence-electron chi connectivity index (χ4n) is 5.63. The molecular formula is C38H51N5O7. The van der Waals surface area contributed by atoms with E-state index in [1.54, 1.807) is 101 Å². The number of fused-ring (bicyclic) bond motifs is 2. The predicted molar refractivity (Wildman–Crippen MR) is 193 cm³/mol. The van der Waals surface area contributed by atoms with Gasteiger partial charge in [0.25, 0.3) is 0 Å². The number of carbonyl (C=O) groups excluding carboxylic acids is 4. The first kappa shape index (κ1) is 38.0. The van der Waals surface area contributed by atoms with Crippen molar-refractivity contribution in [2.75, 3.05) is 0 Å². The van der Waals surface area contributed by atoms with Gasteiger partial charge in [-0.05, 0) is 99.4 Å². The molecule has 0 radical (unpaired) electrons. The van der Waals surface area contributed by atoms with Crippen LogP contribution in [0.25, 0.3) is 21.8 Å². The minimum Gasteiger partial charge on any atom is -0.444 e. The highest BCUT2D eigenvalue weighted by molar-refractivity contribution is 5.95. The molecule has 0 fully saturated rings. The van der Waals surface area contributed by atoms with Crippen molar-refractivity contribution in [1.82, 2.24) is 19.8 Å². The van der Waals surface area contributed by atoms with Gasteiger partial charge in [-0.1, -0.05) is 36.4 Å². The Kier molecular flexibility index (Phi) is 10.2. The molecule has 0 bridgehead atoms. The van der Waals surface area contributed by atoms with Gasteiger partial charge < -0.3 is 30.6 Å². The summed E-state index contributed by atoms with van der Waals surface area (Å²) in [5, 5.41) is 7.18. The molecule has 4 N–H and O–H groups in total. The molecule has 50 heavy (non-hydrogen) atoms. The zero-order valence-electron chi connectivity index (χ0n) is 31.0. The van der Waals surface area contributed by atoms with E-state index < -0.39 is 52.2 Å². The van der Waals surface area contributed by atoms with E-state index in [2.05, 4.69) is 10.6 Å². The molecule has 0 aliphatic heterocycles. The van der Waals surface area contributed by atoms with Crippen molar-refractivity contribution >= 4 is 46.0 Å². The Bertz CT molecular complexity index is 1920. The molecule has 12 heteroatoms. The average Bonchev–Trinajstić information content (AvgIpc) is 3.48. The molecular weight excluding hydrogens is 638 g/mol. The number of hydrogen-bond donors (Lipinski definition) is 3. The quantitative estimate of drug-likeness (QED) is 0.138. The van der Waals surface area contributed by atoms with Gasteiger partial charge >= 0.3 is 18.3 Å². The molecule has 0 saturated heterocycles. The van der Waals surface area contributed by atoms with Gasteiger partial charge in [0.1, 0.15) is 22.3 Å². The van der Waals surface area contributed by atoms with Crippen LogP contribution in [-0.2, 0) is 31.8 Å². The van der Waals surface area contributed by atoms with Gasteiger partial charge in [0.05, 0.1) is 16.7 Å². The van der Waals surface area contributed by atoms with E-state index in [0.29, 0.717) is 27.5 Å². The molecule has 12 nitrogen and oxygen atoms in total. The Morgan fingerprint density at radius 3 is 1.42 bits per heavy atom. The second-order valence-corrected chi connectivity index (χ2v) is 16.2. The number of rotatable bonds is 7. The monoisotopic (exact) mass is 689 g/mol. The summed E-state index contributed by atoms with van der Waals surface area (Å²) in [5.74, 6) is -0.585. The lowest BCUT2D eigenvalue weighted by Gasteiger charge is -2.35. The Balaban J connectivity index is 1.69. The first-order valence-corrected chi connectivity index (χ1v) is 16.6. The van der Waals surface area contributed by atoms with Gasteiger partial charge in [0.15, 0.2) is 0 Å². The van der Waals surface area contributed by atoms with Gasteiger partial charge in [-0.15, -0.1) is 0 Å². The number of alkyl carbamates (subject to hydrolysis) is 1. The van der Waals surface area contributed by atoms with Crippen LogP contribution >= 0.6 is 0 Å². The lowest BCUT2D eigenvalue weighted by molar-refractivity contribution is -0.128. The predicted octanol–water partition coefficient (Wildman–Crippen LogP) is 7.02. The van der Waals surface area contributed by atoms with Gasteiger partial charge in [0, 0.05) is 36.0 Å². The third kappa shape index (κ3) is 9.44. The summed E-state index contributed by atoms with van der Waals surface area (Å²) >= 11 is 0. The number of nitrogens with one attached hydrogen (secondary N) is 2. The van der Waals surface area contributed by atoms with Gasteiger partial charge in [-0.3, -0.25) is 13.9 Å². The number of carbonyl (C=O) groups is 4. The third-order valence-corrected chi connectivity index (χ3v) is 7.55. The third-order valence-electron chi connectivity index (χ3n) is 7.55. The summed E-state index contributed by atoms with van der Waals surface area (Å²) in [6, 6.07) is 14.6. The summed E-state index contributed by atoms with van der Waals surface area (Å²) in [4.78, 5) is 53.8. The molecule has 2 aromatic carbocycles. The van der Waals surface area contributed by atoms with Crippen LogP contribution < -0.4 is 16.4 Å². The highest BCUT2D eigenvalue weighted by atomic mass is 16.6. The molecule has 0 spiro atoms. The molecule has 270 valence electrons. The normalized spacial score (nSPS) is 14.8. The maximum atomic E-state index is 14.3. The van der Waals surface area contributed by atoms with E-state index >= 15 is 0 Å². The molecule has 0 aliphatic carbocycles. The van der Waals surface area contributed by atoms with Gasteiger partial charge in [0.2, 0.25) is 5.91 Å². The topological polar surface area (TPSA) is 156 Å². The van der Waals surface area contributed by atoms with E-state index in [1.165, 1.54) is 9.13 Å². The smallest absolute Gasteiger partial charge is 0.419 e. The van der Waals surface area contributed by atoms with Crippen molar-refractivity contribution in [3.05, 3.63) is 72.1 Å². The van der Waals surface area contributed by atoms with Crippen LogP contribution in [0.4, 0.5) is 14.4 Å². The summed E-state index contributed by atoms with van der Waals surface area (Å²) in [7, 11) is 0. The van der Waals surface area contributed by atoms with Crippen LogP contribution in [0.2, 0.25) is 0 Å². The van der Waals surface area contributed by atoms with Gasteiger partial charge in [-0.25, -0.2) is 14.4 Å². The number of aromatic nitrogens is 2. The number of amides is 2. The zero-order chi connectivity index (χ0) is 37.4. The molecule has 2 amide bonds. The number of ether oxygens (including phenoxy) is 3. The molecule has 4 rings (SSSR count). The first-order valence-electron chi connectivity index (χ1n) is 16.6. The molecule has 2 aromatic heterocycles. The maximum absolute atomic E-state index is 14.3. The Hall–Kier alpha value is -4.84. The van der Waals surface area contributed by atoms with Crippen molar-refractivity contribution in [3.8, 4) is 0 Å².